The van der Waals surface area contributed by atoms with Crippen molar-refractivity contribution in [3.8, 4) is 0 Å². The number of carbonyl (C=O) groups is 1. The van der Waals surface area contributed by atoms with Gasteiger partial charge in [-0.05, 0) is 19.3 Å². The van der Waals surface area contributed by atoms with Crippen LogP contribution in [0.25, 0.3) is 0 Å². The molecule has 1 saturated carbocycles. The van der Waals surface area contributed by atoms with E-state index >= 15 is 0 Å². The molecule has 0 bridgehead atoms. The topological polar surface area (TPSA) is 93.5 Å². The Balaban J connectivity index is 2.10. The first-order valence-corrected chi connectivity index (χ1v) is 6.62. The molecule has 1 aliphatic rings. The van der Waals surface area contributed by atoms with Crippen molar-refractivity contribution in [2.24, 2.45) is 0 Å². The van der Waals surface area contributed by atoms with E-state index in [9.17, 15) is 14.7 Å². The van der Waals surface area contributed by atoms with Gasteiger partial charge in [-0.3, -0.25) is 9.59 Å². The lowest BCUT2D eigenvalue weighted by molar-refractivity contribution is -0.141. The number of methoxy groups -OCH3 is 1. The number of ether oxygens (including phenoxy) is 1. The standard InChI is InChI=1S/C12H16ClN3O4/c1-20-9(17)6-16-11(18)10(13)8(5-15-16)14-7-12(19)3-2-4-12/h5,14,19H,2-4,6-7H2,1H3. The number of esters is 1. The van der Waals surface area contributed by atoms with Gasteiger partial charge in [0.15, 0.2) is 0 Å². The Morgan fingerprint density at radius 3 is 2.90 bits per heavy atom. The molecule has 0 radical (unpaired) electrons. The predicted octanol–water partition coefficient (Wildman–Crippen LogP) is 0.397. The van der Waals surface area contributed by atoms with Crippen molar-refractivity contribution in [3.63, 3.8) is 0 Å². The Bertz CT molecular complexity index is 568. The summed E-state index contributed by atoms with van der Waals surface area (Å²) in [6, 6.07) is 0. The number of rotatable bonds is 5. The fourth-order valence-electron chi connectivity index (χ4n) is 1.91. The van der Waals surface area contributed by atoms with Gasteiger partial charge in [0.05, 0.1) is 24.6 Å². The number of aromatic nitrogens is 2. The van der Waals surface area contributed by atoms with E-state index in [2.05, 4.69) is 15.2 Å². The van der Waals surface area contributed by atoms with E-state index in [1.54, 1.807) is 0 Å². The monoisotopic (exact) mass is 301 g/mol. The van der Waals surface area contributed by atoms with Gasteiger partial charge in [-0.2, -0.15) is 5.10 Å². The zero-order valence-electron chi connectivity index (χ0n) is 11.1. The molecule has 1 heterocycles. The van der Waals surface area contributed by atoms with Gasteiger partial charge in [0.1, 0.15) is 11.6 Å². The molecule has 1 fully saturated rings. The molecule has 0 unspecified atom stereocenters. The van der Waals surface area contributed by atoms with E-state index in [1.165, 1.54) is 13.3 Å². The lowest BCUT2D eigenvalue weighted by atomic mass is 9.80. The highest BCUT2D eigenvalue weighted by molar-refractivity contribution is 6.32. The van der Waals surface area contributed by atoms with E-state index in [0.717, 1.165) is 23.9 Å². The lowest BCUT2D eigenvalue weighted by Crippen LogP contribution is -2.43. The SMILES string of the molecule is COC(=O)Cn1ncc(NCC2(O)CCC2)c(Cl)c1=O. The Morgan fingerprint density at radius 1 is 1.65 bits per heavy atom. The van der Waals surface area contributed by atoms with Gasteiger partial charge in [-0.25, -0.2) is 4.68 Å². The van der Waals surface area contributed by atoms with Crippen LogP contribution in [0.5, 0.6) is 0 Å². The van der Waals surface area contributed by atoms with Crippen LogP contribution in [0.4, 0.5) is 5.69 Å². The van der Waals surface area contributed by atoms with Crippen LogP contribution in [0.15, 0.2) is 11.0 Å². The summed E-state index contributed by atoms with van der Waals surface area (Å²) < 4.78 is 5.39. The van der Waals surface area contributed by atoms with Crippen LogP contribution in [-0.4, -0.2) is 40.1 Å². The van der Waals surface area contributed by atoms with Crippen molar-refractivity contribution < 1.29 is 14.6 Å². The van der Waals surface area contributed by atoms with E-state index < -0.39 is 17.1 Å². The Morgan fingerprint density at radius 2 is 2.35 bits per heavy atom. The van der Waals surface area contributed by atoms with Gasteiger partial charge in [-0.1, -0.05) is 11.6 Å². The second kappa shape index (κ2) is 5.80. The smallest absolute Gasteiger partial charge is 0.327 e. The van der Waals surface area contributed by atoms with Gasteiger partial charge >= 0.3 is 5.97 Å². The summed E-state index contributed by atoms with van der Waals surface area (Å²) in [6.07, 6.45) is 3.80. The van der Waals surface area contributed by atoms with Gasteiger partial charge < -0.3 is 15.2 Å². The van der Waals surface area contributed by atoms with E-state index in [4.69, 9.17) is 11.6 Å². The molecule has 2 rings (SSSR count). The molecule has 0 aromatic carbocycles. The first-order chi connectivity index (χ1) is 9.45. The highest BCUT2D eigenvalue weighted by Gasteiger charge is 2.34. The van der Waals surface area contributed by atoms with Crippen LogP contribution < -0.4 is 10.9 Å². The third-order valence-corrected chi connectivity index (χ3v) is 3.75. The number of aliphatic hydroxyl groups is 1. The third kappa shape index (κ3) is 3.10. The normalized spacial score (nSPS) is 16.4. The maximum absolute atomic E-state index is 11.9. The van der Waals surface area contributed by atoms with Crippen LogP contribution >= 0.6 is 11.6 Å². The second-order valence-electron chi connectivity index (χ2n) is 4.84. The Hall–Kier alpha value is -1.60. The Labute approximate surface area is 120 Å². The summed E-state index contributed by atoms with van der Waals surface area (Å²) in [5.41, 5.74) is -0.967. The van der Waals surface area contributed by atoms with Crippen molar-refractivity contribution in [2.75, 3.05) is 19.0 Å². The van der Waals surface area contributed by atoms with Crippen molar-refractivity contribution in [1.82, 2.24) is 9.78 Å². The average Bonchev–Trinajstić information content (AvgIpc) is 2.40. The maximum atomic E-state index is 11.9. The molecule has 1 aromatic heterocycles. The average molecular weight is 302 g/mol. The van der Waals surface area contributed by atoms with Gasteiger partial charge in [-0.15, -0.1) is 0 Å². The molecule has 1 aliphatic carbocycles. The summed E-state index contributed by atoms with van der Waals surface area (Å²) in [5, 5.41) is 16.7. The predicted molar refractivity (Wildman–Crippen MR) is 72.8 cm³/mol. The highest BCUT2D eigenvalue weighted by atomic mass is 35.5. The number of hydrogen-bond donors (Lipinski definition) is 2. The van der Waals surface area contributed by atoms with Crippen molar-refractivity contribution in [1.29, 1.82) is 0 Å². The van der Waals surface area contributed by atoms with Gasteiger partial charge in [0, 0.05) is 6.54 Å². The van der Waals surface area contributed by atoms with Crippen molar-refractivity contribution in [2.45, 2.75) is 31.4 Å². The summed E-state index contributed by atoms with van der Waals surface area (Å²) >= 11 is 5.95. The minimum Gasteiger partial charge on any atom is -0.468 e. The van der Waals surface area contributed by atoms with Crippen LogP contribution in [0.1, 0.15) is 19.3 Å². The second-order valence-corrected chi connectivity index (χ2v) is 5.22. The number of nitrogens with zero attached hydrogens (tertiary/aromatic N) is 2. The lowest BCUT2D eigenvalue weighted by Gasteiger charge is -2.36. The molecule has 110 valence electrons. The molecular formula is C12H16ClN3O4. The number of carbonyl (C=O) groups excluding carboxylic acids is 1. The van der Waals surface area contributed by atoms with Crippen LogP contribution in [0.2, 0.25) is 5.02 Å². The molecule has 2 N–H and O–H groups in total. The summed E-state index contributed by atoms with van der Waals surface area (Å²) in [4.78, 5) is 23.0. The molecule has 0 spiro atoms. The minimum atomic E-state index is -0.732. The first kappa shape index (κ1) is 14.8. The molecular weight excluding hydrogens is 286 g/mol. The molecule has 0 saturated heterocycles. The summed E-state index contributed by atoms with van der Waals surface area (Å²) in [5.74, 6) is -0.583. The highest BCUT2D eigenvalue weighted by Crippen LogP contribution is 2.32. The quantitative estimate of drug-likeness (QED) is 0.765. The summed E-state index contributed by atoms with van der Waals surface area (Å²) in [7, 11) is 1.23. The van der Waals surface area contributed by atoms with Crippen LogP contribution in [-0.2, 0) is 16.1 Å². The maximum Gasteiger partial charge on any atom is 0.327 e. The largest absolute Gasteiger partial charge is 0.468 e. The van der Waals surface area contributed by atoms with Gasteiger partial charge in [0.25, 0.3) is 5.56 Å². The number of halogens is 1. The summed E-state index contributed by atoms with van der Waals surface area (Å²) in [6.45, 7) is 0.0220. The molecule has 0 atom stereocenters. The number of hydrogen-bond acceptors (Lipinski definition) is 6. The number of nitrogens with one attached hydrogen (secondary N) is 1. The number of anilines is 1. The van der Waals surface area contributed by atoms with Crippen LogP contribution in [0.3, 0.4) is 0 Å². The fourth-order valence-corrected chi connectivity index (χ4v) is 2.12. The zero-order chi connectivity index (χ0) is 14.8. The van der Waals surface area contributed by atoms with Gasteiger partial charge in [0.2, 0.25) is 0 Å². The van der Waals surface area contributed by atoms with E-state index in [1.807, 2.05) is 0 Å². The minimum absolute atomic E-state index is 0.0631. The molecule has 20 heavy (non-hydrogen) atoms. The molecule has 0 amide bonds. The van der Waals surface area contributed by atoms with E-state index in [0.29, 0.717) is 12.2 Å². The Kier molecular flexibility index (Phi) is 4.29. The van der Waals surface area contributed by atoms with Crippen molar-refractivity contribution >= 4 is 23.3 Å². The zero-order valence-corrected chi connectivity index (χ0v) is 11.8. The molecule has 0 aliphatic heterocycles. The van der Waals surface area contributed by atoms with Crippen molar-refractivity contribution in [3.05, 3.63) is 21.6 Å². The van der Waals surface area contributed by atoms with Crippen LogP contribution in [0, 0.1) is 0 Å². The fraction of sp³-hybridized carbons (Fsp3) is 0.583. The first-order valence-electron chi connectivity index (χ1n) is 6.24. The van der Waals surface area contributed by atoms with E-state index in [-0.39, 0.29) is 11.6 Å². The third-order valence-electron chi connectivity index (χ3n) is 3.38. The molecule has 1 aromatic rings. The molecule has 8 heteroatoms. The molecule has 7 nitrogen and oxygen atoms in total.